The van der Waals surface area contributed by atoms with Gasteiger partial charge in [0.25, 0.3) is 0 Å². The number of esters is 1. The summed E-state index contributed by atoms with van der Waals surface area (Å²) in [6.45, 7) is 3.74. The normalized spacial score (nSPS) is 29.2. The van der Waals surface area contributed by atoms with Crippen LogP contribution >= 0.6 is 0 Å². The number of ether oxygens (including phenoxy) is 2. The Kier molecular flexibility index (Phi) is 3.35. The quantitative estimate of drug-likeness (QED) is 0.788. The van der Waals surface area contributed by atoms with Crippen LogP contribution in [-0.4, -0.2) is 24.1 Å². The summed E-state index contributed by atoms with van der Waals surface area (Å²) in [6.07, 6.45) is 0. The van der Waals surface area contributed by atoms with Crippen LogP contribution in [0.3, 0.4) is 0 Å². The maximum Gasteiger partial charge on any atom is 0.311 e. The molecule has 0 unspecified atom stereocenters. The molecule has 5 rings (SSSR count). The van der Waals surface area contributed by atoms with Gasteiger partial charge in [0.2, 0.25) is 0 Å². The minimum Gasteiger partial charge on any atom is -0.493 e. The van der Waals surface area contributed by atoms with Crippen molar-refractivity contribution in [1.82, 2.24) is 4.90 Å². The van der Waals surface area contributed by atoms with E-state index in [1.165, 1.54) is 16.7 Å². The van der Waals surface area contributed by atoms with E-state index >= 15 is 0 Å². The van der Waals surface area contributed by atoms with E-state index in [4.69, 9.17) is 9.47 Å². The molecule has 4 heteroatoms. The van der Waals surface area contributed by atoms with Crippen molar-refractivity contribution in [3.8, 4) is 5.75 Å². The number of carbonyl (C=O) groups excluding carboxylic acids is 1. The number of para-hydroxylation sites is 1. The van der Waals surface area contributed by atoms with Gasteiger partial charge in [-0.05, 0) is 24.1 Å². The first-order chi connectivity index (χ1) is 12.3. The molecule has 3 aliphatic rings. The smallest absolute Gasteiger partial charge is 0.311 e. The van der Waals surface area contributed by atoms with Gasteiger partial charge in [0.05, 0.1) is 19.1 Å². The maximum atomic E-state index is 12.9. The van der Waals surface area contributed by atoms with Crippen molar-refractivity contribution >= 4 is 5.97 Å². The highest BCUT2D eigenvalue weighted by atomic mass is 16.5. The largest absolute Gasteiger partial charge is 0.493 e. The van der Waals surface area contributed by atoms with Crippen LogP contribution in [0.15, 0.2) is 48.5 Å². The van der Waals surface area contributed by atoms with Gasteiger partial charge in [-0.2, -0.15) is 0 Å². The second kappa shape index (κ2) is 5.60. The first kappa shape index (κ1) is 15.0. The summed E-state index contributed by atoms with van der Waals surface area (Å²) in [5.41, 5.74) is 3.79. The van der Waals surface area contributed by atoms with Gasteiger partial charge in [-0.25, -0.2) is 0 Å². The molecule has 3 heterocycles. The summed E-state index contributed by atoms with van der Waals surface area (Å²) in [6, 6.07) is 17.0. The Morgan fingerprint density at radius 3 is 2.72 bits per heavy atom. The van der Waals surface area contributed by atoms with Gasteiger partial charge < -0.3 is 9.47 Å². The summed E-state index contributed by atoms with van der Waals surface area (Å²) in [7, 11) is 0. The van der Waals surface area contributed by atoms with Crippen molar-refractivity contribution in [2.24, 2.45) is 11.8 Å². The zero-order valence-corrected chi connectivity index (χ0v) is 14.2. The Morgan fingerprint density at radius 1 is 1.12 bits per heavy atom. The number of rotatable bonds is 2. The maximum absolute atomic E-state index is 12.9. The number of carbonyl (C=O) groups is 1. The molecule has 0 N–H and O–H groups in total. The average molecular weight is 335 g/mol. The first-order valence-electron chi connectivity index (χ1n) is 9.01. The third-order valence-corrected chi connectivity index (χ3v) is 5.88. The predicted octanol–water partition coefficient (Wildman–Crippen LogP) is 3.49. The summed E-state index contributed by atoms with van der Waals surface area (Å²) in [5.74, 6) is 0.807. The summed E-state index contributed by atoms with van der Waals surface area (Å²) >= 11 is 0. The first-order valence-corrected chi connectivity index (χ1v) is 9.01. The lowest BCUT2D eigenvalue weighted by Crippen LogP contribution is -2.33. The van der Waals surface area contributed by atoms with Gasteiger partial charge in [-0.1, -0.05) is 42.5 Å². The van der Waals surface area contributed by atoms with Gasteiger partial charge in [-0.15, -0.1) is 0 Å². The third-order valence-electron chi connectivity index (χ3n) is 5.88. The number of nitrogens with zero attached hydrogens (tertiary/aromatic N) is 1. The molecule has 128 valence electrons. The van der Waals surface area contributed by atoms with Gasteiger partial charge in [0, 0.05) is 30.1 Å². The Balaban J connectivity index is 1.64. The van der Waals surface area contributed by atoms with E-state index in [2.05, 4.69) is 41.3 Å². The lowest BCUT2D eigenvalue weighted by atomic mass is 9.81. The Bertz CT molecular complexity index is 833. The molecule has 4 nitrogen and oxygen atoms in total. The molecule has 4 atom stereocenters. The minimum atomic E-state index is -0.179. The van der Waals surface area contributed by atoms with E-state index in [-0.39, 0.29) is 29.9 Å². The highest BCUT2D eigenvalue weighted by Gasteiger charge is 2.58. The molecular formula is C21H21NO3. The van der Waals surface area contributed by atoms with Gasteiger partial charge in [-0.3, -0.25) is 9.69 Å². The lowest BCUT2D eigenvalue weighted by Gasteiger charge is -2.33. The zero-order valence-electron chi connectivity index (χ0n) is 14.2. The highest BCUT2D eigenvalue weighted by molar-refractivity contribution is 5.75. The van der Waals surface area contributed by atoms with Crippen LogP contribution in [0.4, 0.5) is 0 Å². The van der Waals surface area contributed by atoms with E-state index in [1.807, 2.05) is 19.1 Å². The van der Waals surface area contributed by atoms with Crippen molar-refractivity contribution in [2.45, 2.75) is 25.6 Å². The third kappa shape index (κ3) is 2.07. The van der Waals surface area contributed by atoms with Crippen molar-refractivity contribution in [1.29, 1.82) is 0 Å². The fraction of sp³-hybridized carbons (Fsp3) is 0.381. The second-order valence-electron chi connectivity index (χ2n) is 7.05. The van der Waals surface area contributed by atoms with Crippen LogP contribution < -0.4 is 4.74 Å². The van der Waals surface area contributed by atoms with Crippen LogP contribution in [-0.2, 0) is 16.1 Å². The van der Waals surface area contributed by atoms with E-state index in [9.17, 15) is 4.79 Å². The van der Waals surface area contributed by atoms with E-state index < -0.39 is 0 Å². The molecule has 0 saturated carbocycles. The Labute approximate surface area is 147 Å². The van der Waals surface area contributed by atoms with Crippen LogP contribution in [0, 0.1) is 11.8 Å². The summed E-state index contributed by atoms with van der Waals surface area (Å²) in [5, 5.41) is 0. The minimum absolute atomic E-state index is 0.0833. The van der Waals surface area contributed by atoms with Crippen LogP contribution in [0.25, 0.3) is 0 Å². The zero-order chi connectivity index (χ0) is 17.0. The Hall–Kier alpha value is -2.33. The fourth-order valence-corrected chi connectivity index (χ4v) is 4.98. The van der Waals surface area contributed by atoms with E-state index in [0.717, 1.165) is 12.3 Å². The highest BCUT2D eigenvalue weighted by Crippen LogP contribution is 2.59. The van der Waals surface area contributed by atoms with Crippen LogP contribution in [0.2, 0.25) is 0 Å². The number of hydrogen-bond acceptors (Lipinski definition) is 4. The van der Waals surface area contributed by atoms with Gasteiger partial charge in [0.15, 0.2) is 0 Å². The molecule has 0 bridgehead atoms. The molecule has 25 heavy (non-hydrogen) atoms. The van der Waals surface area contributed by atoms with Crippen LogP contribution in [0.5, 0.6) is 5.75 Å². The summed E-state index contributed by atoms with van der Waals surface area (Å²) in [4.78, 5) is 15.3. The molecule has 2 aromatic rings. The number of fused-ring (bicyclic) bond motifs is 7. The molecule has 0 radical (unpaired) electrons. The SMILES string of the molecule is CCOC(=O)[C@@H]1[C@H]2COc3ccccc3[C@H]2N2Cc3ccccc3[C@H]12. The van der Waals surface area contributed by atoms with Crippen molar-refractivity contribution < 1.29 is 14.3 Å². The molecule has 0 aromatic heterocycles. The van der Waals surface area contributed by atoms with Crippen molar-refractivity contribution in [2.75, 3.05) is 13.2 Å². The van der Waals surface area contributed by atoms with Gasteiger partial charge >= 0.3 is 5.97 Å². The number of hydrogen-bond donors (Lipinski definition) is 0. The average Bonchev–Trinajstić information content (AvgIpc) is 3.16. The molecule has 2 aromatic carbocycles. The van der Waals surface area contributed by atoms with E-state index in [1.54, 1.807) is 0 Å². The summed E-state index contributed by atoms with van der Waals surface area (Å²) < 4.78 is 11.5. The fourth-order valence-electron chi connectivity index (χ4n) is 4.98. The van der Waals surface area contributed by atoms with E-state index in [0.29, 0.717) is 13.2 Å². The molecule has 1 fully saturated rings. The second-order valence-corrected chi connectivity index (χ2v) is 7.05. The predicted molar refractivity (Wildman–Crippen MR) is 93.0 cm³/mol. The molecule has 1 saturated heterocycles. The Morgan fingerprint density at radius 2 is 1.88 bits per heavy atom. The molecular weight excluding hydrogens is 314 g/mol. The van der Waals surface area contributed by atoms with Crippen molar-refractivity contribution in [3.63, 3.8) is 0 Å². The van der Waals surface area contributed by atoms with Gasteiger partial charge in [0.1, 0.15) is 5.75 Å². The lowest BCUT2D eigenvalue weighted by molar-refractivity contribution is -0.150. The molecule has 3 aliphatic heterocycles. The monoisotopic (exact) mass is 335 g/mol. The number of benzene rings is 2. The molecule has 0 amide bonds. The van der Waals surface area contributed by atoms with Crippen molar-refractivity contribution in [3.05, 3.63) is 65.2 Å². The standard InChI is InChI=1S/C21H21NO3/c1-2-24-21(23)18-16-12-25-17-10-6-5-9-15(17)19(16)22-11-13-7-3-4-8-14(13)20(18)22/h3-10,16,18-20H,2,11-12H2,1H3/t16-,18-,19-,20-/m1/s1. The topological polar surface area (TPSA) is 38.8 Å². The molecule has 0 aliphatic carbocycles. The molecule has 0 spiro atoms. The van der Waals surface area contributed by atoms with Crippen LogP contribution in [0.1, 0.15) is 35.7 Å².